The number of hydrogen-bond acceptors (Lipinski definition) is 5. The van der Waals surface area contributed by atoms with Crippen molar-refractivity contribution in [2.75, 3.05) is 20.8 Å². The van der Waals surface area contributed by atoms with E-state index in [0.29, 0.717) is 18.0 Å². The van der Waals surface area contributed by atoms with Crippen molar-refractivity contribution in [1.29, 1.82) is 0 Å². The molecule has 0 spiro atoms. The molecule has 0 bridgehead atoms. The third-order valence-corrected chi connectivity index (χ3v) is 3.24. The summed E-state index contributed by atoms with van der Waals surface area (Å²) >= 11 is 0. The van der Waals surface area contributed by atoms with Crippen LogP contribution >= 0.6 is 0 Å². The molecule has 2 rings (SSSR count). The second-order valence-electron chi connectivity index (χ2n) is 4.68. The summed E-state index contributed by atoms with van der Waals surface area (Å²) in [4.78, 5) is 8.36. The molecule has 0 fully saturated rings. The average Bonchev–Trinajstić information content (AvgIpc) is 3.03. The largest absolute Gasteiger partial charge is 0.493 e. The lowest BCUT2D eigenvalue weighted by molar-refractivity contribution is 0.348. The summed E-state index contributed by atoms with van der Waals surface area (Å²) in [5.74, 6) is 1.41. The first-order chi connectivity index (χ1) is 10.3. The van der Waals surface area contributed by atoms with Gasteiger partial charge in [0.05, 0.1) is 26.2 Å². The number of nitrogens with one attached hydrogen (secondary N) is 1. The first kappa shape index (κ1) is 15.3. The Bertz CT molecular complexity index is 528. The third kappa shape index (κ3) is 4.46. The highest BCUT2D eigenvalue weighted by atomic mass is 16.5. The van der Waals surface area contributed by atoms with Gasteiger partial charge in [-0.25, -0.2) is 4.98 Å². The Morgan fingerprint density at radius 1 is 1.19 bits per heavy atom. The van der Waals surface area contributed by atoms with Gasteiger partial charge in [-0.3, -0.25) is 4.98 Å². The molecule has 2 aromatic rings. The van der Waals surface area contributed by atoms with Crippen molar-refractivity contribution >= 4 is 0 Å². The third-order valence-electron chi connectivity index (χ3n) is 3.24. The average molecular weight is 290 g/mol. The highest BCUT2D eigenvalue weighted by Gasteiger charge is 2.10. The van der Waals surface area contributed by atoms with Gasteiger partial charge in [-0.05, 0) is 19.4 Å². The Morgan fingerprint density at radius 3 is 2.81 bits per heavy atom. The van der Waals surface area contributed by atoms with Crippen molar-refractivity contribution in [3.05, 3.63) is 36.7 Å². The maximum Gasteiger partial charge on any atom is 0.183 e. The molecule has 0 amide bonds. The molecule has 0 saturated heterocycles. The lowest BCUT2D eigenvalue weighted by Crippen LogP contribution is -2.17. The van der Waals surface area contributed by atoms with Gasteiger partial charge < -0.3 is 19.4 Å². The van der Waals surface area contributed by atoms with Gasteiger partial charge in [0, 0.05) is 37.7 Å². The maximum atomic E-state index is 5.36. The minimum atomic E-state index is 0.672. The van der Waals surface area contributed by atoms with Gasteiger partial charge in [0.25, 0.3) is 0 Å². The van der Waals surface area contributed by atoms with Crippen LogP contribution in [0.2, 0.25) is 0 Å². The molecular formula is C15H22N4O2. The van der Waals surface area contributed by atoms with Crippen LogP contribution in [0.4, 0.5) is 0 Å². The molecule has 0 radical (unpaired) electrons. The van der Waals surface area contributed by atoms with Crippen LogP contribution in [0.25, 0.3) is 0 Å². The number of pyridine rings is 1. The second-order valence-corrected chi connectivity index (χ2v) is 4.68. The summed E-state index contributed by atoms with van der Waals surface area (Å²) in [5.41, 5.74) is 0.867. The normalized spacial score (nSPS) is 10.6. The molecule has 21 heavy (non-hydrogen) atoms. The van der Waals surface area contributed by atoms with E-state index in [1.165, 1.54) is 0 Å². The quantitative estimate of drug-likeness (QED) is 0.714. The zero-order chi connectivity index (χ0) is 14.9. The van der Waals surface area contributed by atoms with E-state index in [9.17, 15) is 0 Å². The van der Waals surface area contributed by atoms with E-state index >= 15 is 0 Å². The minimum Gasteiger partial charge on any atom is -0.493 e. The van der Waals surface area contributed by atoms with E-state index in [1.807, 2.05) is 12.5 Å². The van der Waals surface area contributed by atoms with Crippen molar-refractivity contribution in [2.45, 2.75) is 25.9 Å². The van der Waals surface area contributed by atoms with E-state index in [1.54, 1.807) is 32.7 Å². The SMILES string of the molecule is COc1ccnc(CNCCCCn2ccnc2)c1OC. The van der Waals surface area contributed by atoms with Crippen LogP contribution in [0.3, 0.4) is 0 Å². The fourth-order valence-electron chi connectivity index (χ4n) is 2.15. The maximum absolute atomic E-state index is 5.36. The standard InChI is InChI=1S/C15H22N4O2/c1-20-14-5-7-18-13(15(14)21-2)11-16-6-3-4-9-19-10-8-17-12-19/h5,7-8,10,12,16H,3-4,6,9,11H2,1-2H3. The van der Waals surface area contributed by atoms with Crippen LogP contribution < -0.4 is 14.8 Å². The molecule has 0 atom stereocenters. The summed E-state index contributed by atoms with van der Waals surface area (Å²) in [6, 6.07) is 1.80. The fraction of sp³-hybridized carbons (Fsp3) is 0.467. The van der Waals surface area contributed by atoms with Crippen molar-refractivity contribution in [3.63, 3.8) is 0 Å². The molecule has 6 nitrogen and oxygen atoms in total. The van der Waals surface area contributed by atoms with Crippen molar-refractivity contribution in [3.8, 4) is 11.5 Å². The summed E-state index contributed by atoms with van der Waals surface area (Å²) < 4.78 is 12.7. The van der Waals surface area contributed by atoms with Crippen molar-refractivity contribution in [2.24, 2.45) is 0 Å². The monoisotopic (exact) mass is 290 g/mol. The van der Waals surface area contributed by atoms with E-state index < -0.39 is 0 Å². The van der Waals surface area contributed by atoms with Crippen LogP contribution in [0, 0.1) is 0 Å². The molecular weight excluding hydrogens is 268 g/mol. The first-order valence-electron chi connectivity index (χ1n) is 7.07. The summed E-state index contributed by atoms with van der Waals surface area (Å²) in [6.07, 6.45) is 9.59. The zero-order valence-electron chi connectivity index (χ0n) is 12.6. The summed E-state index contributed by atoms with van der Waals surface area (Å²) in [6.45, 7) is 2.62. The Morgan fingerprint density at radius 2 is 2.10 bits per heavy atom. The molecule has 0 unspecified atom stereocenters. The number of unbranched alkanes of at least 4 members (excludes halogenated alkanes) is 1. The molecule has 0 aliphatic carbocycles. The summed E-state index contributed by atoms with van der Waals surface area (Å²) in [7, 11) is 3.26. The number of aromatic nitrogens is 3. The summed E-state index contributed by atoms with van der Waals surface area (Å²) in [5, 5.41) is 3.38. The predicted octanol–water partition coefficient (Wildman–Crippen LogP) is 1.87. The van der Waals surface area contributed by atoms with Gasteiger partial charge in [-0.2, -0.15) is 0 Å². The first-order valence-corrected chi connectivity index (χ1v) is 7.07. The fourth-order valence-corrected chi connectivity index (χ4v) is 2.15. The van der Waals surface area contributed by atoms with Crippen LogP contribution in [-0.4, -0.2) is 35.3 Å². The number of aryl methyl sites for hydroxylation is 1. The Hall–Kier alpha value is -2.08. The van der Waals surface area contributed by atoms with Crippen molar-refractivity contribution in [1.82, 2.24) is 19.9 Å². The molecule has 6 heteroatoms. The van der Waals surface area contributed by atoms with Gasteiger partial charge in [0.15, 0.2) is 11.5 Å². The topological polar surface area (TPSA) is 61.2 Å². The van der Waals surface area contributed by atoms with Crippen LogP contribution in [0.5, 0.6) is 11.5 Å². The lowest BCUT2D eigenvalue weighted by Gasteiger charge is -2.12. The Kier molecular flexibility index (Phi) is 6.02. The predicted molar refractivity (Wildman–Crippen MR) is 80.5 cm³/mol. The number of methoxy groups -OCH3 is 2. The highest BCUT2D eigenvalue weighted by Crippen LogP contribution is 2.28. The molecule has 0 aliphatic heterocycles. The van der Waals surface area contributed by atoms with E-state index in [4.69, 9.17) is 9.47 Å². The van der Waals surface area contributed by atoms with Gasteiger partial charge >= 0.3 is 0 Å². The molecule has 2 heterocycles. The number of ether oxygens (including phenoxy) is 2. The van der Waals surface area contributed by atoms with Gasteiger partial charge in [-0.1, -0.05) is 0 Å². The number of hydrogen-bond donors (Lipinski definition) is 1. The molecule has 114 valence electrons. The number of rotatable bonds is 9. The molecule has 2 aromatic heterocycles. The van der Waals surface area contributed by atoms with Gasteiger partial charge in [-0.15, -0.1) is 0 Å². The number of nitrogens with zero attached hydrogens (tertiary/aromatic N) is 3. The smallest absolute Gasteiger partial charge is 0.183 e. The van der Waals surface area contributed by atoms with Gasteiger partial charge in [0.2, 0.25) is 0 Å². The van der Waals surface area contributed by atoms with E-state index in [0.717, 1.165) is 31.6 Å². The van der Waals surface area contributed by atoms with Crippen molar-refractivity contribution < 1.29 is 9.47 Å². The molecule has 0 aromatic carbocycles. The second kappa shape index (κ2) is 8.26. The molecule has 0 saturated carbocycles. The van der Waals surface area contributed by atoms with Crippen LogP contribution in [0.1, 0.15) is 18.5 Å². The minimum absolute atomic E-state index is 0.672. The van der Waals surface area contributed by atoms with E-state index in [2.05, 4.69) is 19.9 Å². The van der Waals surface area contributed by atoms with E-state index in [-0.39, 0.29) is 0 Å². The number of imidazole rings is 1. The molecule has 1 N–H and O–H groups in total. The Labute approximate surface area is 125 Å². The zero-order valence-corrected chi connectivity index (χ0v) is 12.6. The van der Waals surface area contributed by atoms with Gasteiger partial charge in [0.1, 0.15) is 0 Å². The lowest BCUT2D eigenvalue weighted by atomic mass is 10.2. The highest BCUT2D eigenvalue weighted by molar-refractivity contribution is 5.42. The van der Waals surface area contributed by atoms with Crippen LogP contribution in [-0.2, 0) is 13.1 Å². The molecule has 0 aliphatic rings. The Balaban J connectivity index is 1.71. The van der Waals surface area contributed by atoms with Crippen LogP contribution in [0.15, 0.2) is 31.0 Å².